The van der Waals surface area contributed by atoms with Crippen LogP contribution in [0.3, 0.4) is 0 Å². The van der Waals surface area contributed by atoms with Crippen LogP contribution in [-0.4, -0.2) is 27.6 Å². The minimum atomic E-state index is -0.469. The van der Waals surface area contributed by atoms with Crippen molar-refractivity contribution < 1.29 is 13.7 Å². The Labute approximate surface area is 162 Å². The number of halogens is 1. The smallest absolute Gasteiger partial charge is 0.322 e. The van der Waals surface area contributed by atoms with Gasteiger partial charge in [-0.15, -0.1) is 0 Å². The normalized spacial score (nSPS) is 16.8. The van der Waals surface area contributed by atoms with Crippen LogP contribution in [0.2, 0.25) is 0 Å². The molecule has 2 aromatic carbocycles. The number of anilines is 1. The van der Waals surface area contributed by atoms with E-state index in [0.717, 1.165) is 30.4 Å². The van der Waals surface area contributed by atoms with Gasteiger partial charge in [-0.2, -0.15) is 4.98 Å². The lowest BCUT2D eigenvalue weighted by molar-refractivity contribution is 0.142. The van der Waals surface area contributed by atoms with Crippen molar-refractivity contribution in [3.05, 3.63) is 65.8 Å². The summed E-state index contributed by atoms with van der Waals surface area (Å²) >= 11 is 0. The van der Waals surface area contributed by atoms with Crippen LogP contribution in [0.1, 0.15) is 36.8 Å². The lowest BCUT2D eigenvalue weighted by Crippen LogP contribution is -2.41. The van der Waals surface area contributed by atoms with Crippen molar-refractivity contribution in [3.8, 4) is 11.4 Å². The highest BCUT2D eigenvalue weighted by atomic mass is 19.1. The standard InChI is InChI=1S/C21H21FN4O2/c1-14-9-11-15(12-10-14)19-24-20(28-25-19)18-8-4-5-13-26(18)21(27)23-17-7-3-2-6-16(17)22/h2-3,6-7,9-12,18H,4-5,8,13H2,1H3,(H,23,27)/t18-/m0/s1. The lowest BCUT2D eigenvalue weighted by Gasteiger charge is -2.33. The molecule has 4 rings (SSSR count). The largest absolute Gasteiger partial charge is 0.337 e. The van der Waals surface area contributed by atoms with Crippen LogP contribution >= 0.6 is 0 Å². The molecule has 6 nitrogen and oxygen atoms in total. The Hall–Kier alpha value is -3.22. The van der Waals surface area contributed by atoms with Crippen molar-refractivity contribution in [2.24, 2.45) is 0 Å². The molecule has 1 fully saturated rings. The quantitative estimate of drug-likeness (QED) is 0.698. The lowest BCUT2D eigenvalue weighted by atomic mass is 10.0. The van der Waals surface area contributed by atoms with E-state index in [1.54, 1.807) is 17.0 Å². The average Bonchev–Trinajstić information content (AvgIpc) is 3.20. The third-order valence-corrected chi connectivity index (χ3v) is 4.92. The molecule has 0 radical (unpaired) electrons. The SMILES string of the molecule is Cc1ccc(-c2noc([C@@H]3CCCCN3C(=O)Nc3ccccc3F)n2)cc1. The molecule has 2 heterocycles. The Bertz CT molecular complexity index is 971. The Morgan fingerprint density at radius 1 is 1.18 bits per heavy atom. The Kier molecular flexibility index (Phi) is 5.06. The summed E-state index contributed by atoms with van der Waals surface area (Å²) in [6, 6.07) is 13.3. The molecular formula is C21H21FN4O2. The first-order valence-electron chi connectivity index (χ1n) is 9.34. The Morgan fingerprint density at radius 3 is 2.75 bits per heavy atom. The maximum atomic E-state index is 13.9. The summed E-state index contributed by atoms with van der Waals surface area (Å²) in [5, 5.41) is 6.73. The number of amides is 2. The molecule has 0 spiro atoms. The van der Waals surface area contributed by atoms with Crippen LogP contribution in [0.25, 0.3) is 11.4 Å². The van der Waals surface area contributed by atoms with Crippen LogP contribution in [0.5, 0.6) is 0 Å². The average molecular weight is 380 g/mol. The molecule has 1 N–H and O–H groups in total. The number of hydrogen-bond donors (Lipinski definition) is 1. The second-order valence-electron chi connectivity index (χ2n) is 6.94. The number of likely N-dealkylation sites (tertiary alicyclic amines) is 1. The zero-order chi connectivity index (χ0) is 19.5. The van der Waals surface area contributed by atoms with Crippen molar-refractivity contribution >= 4 is 11.7 Å². The first-order chi connectivity index (χ1) is 13.6. The summed E-state index contributed by atoms with van der Waals surface area (Å²) in [5.74, 6) is 0.429. The molecule has 7 heteroatoms. The van der Waals surface area contributed by atoms with Gasteiger partial charge in [-0.05, 0) is 38.3 Å². The fourth-order valence-corrected chi connectivity index (χ4v) is 3.37. The van der Waals surface area contributed by atoms with Gasteiger partial charge in [0.25, 0.3) is 0 Å². The minimum Gasteiger partial charge on any atom is -0.337 e. The third-order valence-electron chi connectivity index (χ3n) is 4.92. The molecule has 1 aromatic heterocycles. The van der Waals surface area contributed by atoms with Crippen molar-refractivity contribution in [2.75, 3.05) is 11.9 Å². The highest BCUT2D eigenvalue weighted by Crippen LogP contribution is 2.32. The van der Waals surface area contributed by atoms with E-state index in [4.69, 9.17) is 4.52 Å². The zero-order valence-electron chi connectivity index (χ0n) is 15.6. The van der Waals surface area contributed by atoms with Gasteiger partial charge in [0.05, 0.1) is 5.69 Å². The van der Waals surface area contributed by atoms with Gasteiger partial charge in [0.2, 0.25) is 11.7 Å². The first kappa shape index (κ1) is 18.2. The van der Waals surface area contributed by atoms with Crippen molar-refractivity contribution in [2.45, 2.75) is 32.2 Å². The number of aryl methyl sites for hydroxylation is 1. The van der Waals surface area contributed by atoms with E-state index in [1.165, 1.54) is 12.1 Å². The molecule has 3 aromatic rings. The van der Waals surface area contributed by atoms with Crippen molar-refractivity contribution in [1.29, 1.82) is 0 Å². The maximum Gasteiger partial charge on any atom is 0.322 e. The van der Waals surface area contributed by atoms with E-state index in [2.05, 4.69) is 15.5 Å². The molecule has 1 atom stereocenters. The van der Waals surface area contributed by atoms with Crippen LogP contribution in [0.4, 0.5) is 14.9 Å². The molecule has 28 heavy (non-hydrogen) atoms. The van der Waals surface area contributed by atoms with Gasteiger partial charge >= 0.3 is 6.03 Å². The molecule has 1 aliphatic rings. The second kappa shape index (κ2) is 7.80. The number of rotatable bonds is 3. The topological polar surface area (TPSA) is 71.3 Å². The van der Waals surface area contributed by atoms with Crippen LogP contribution in [0.15, 0.2) is 53.1 Å². The molecule has 0 saturated carbocycles. The van der Waals surface area contributed by atoms with Gasteiger partial charge in [-0.1, -0.05) is 47.1 Å². The molecule has 0 bridgehead atoms. The van der Waals surface area contributed by atoms with Crippen LogP contribution in [0, 0.1) is 12.7 Å². The maximum absolute atomic E-state index is 13.9. The molecule has 1 aliphatic heterocycles. The number of nitrogens with one attached hydrogen (secondary N) is 1. The number of aromatic nitrogens is 2. The number of carbonyl (C=O) groups excluding carboxylic acids is 1. The summed E-state index contributed by atoms with van der Waals surface area (Å²) in [7, 11) is 0. The number of hydrogen-bond acceptors (Lipinski definition) is 4. The van der Waals surface area contributed by atoms with Crippen molar-refractivity contribution in [1.82, 2.24) is 15.0 Å². The van der Waals surface area contributed by atoms with Gasteiger partial charge < -0.3 is 14.7 Å². The summed E-state index contributed by atoms with van der Waals surface area (Å²) in [5.41, 5.74) is 2.16. The summed E-state index contributed by atoms with van der Waals surface area (Å²) in [6.45, 7) is 2.56. The predicted molar refractivity (Wildman–Crippen MR) is 103 cm³/mol. The number of benzene rings is 2. The predicted octanol–water partition coefficient (Wildman–Crippen LogP) is 4.94. The molecule has 1 saturated heterocycles. The number of piperidine rings is 1. The summed E-state index contributed by atoms with van der Waals surface area (Å²) in [4.78, 5) is 18.9. The Balaban J connectivity index is 1.55. The third kappa shape index (κ3) is 3.74. The molecule has 2 amide bonds. The fourth-order valence-electron chi connectivity index (χ4n) is 3.37. The monoisotopic (exact) mass is 380 g/mol. The van der Waals surface area contributed by atoms with E-state index in [1.807, 2.05) is 31.2 Å². The van der Waals surface area contributed by atoms with Gasteiger partial charge in [0.1, 0.15) is 11.9 Å². The van der Waals surface area contributed by atoms with Crippen molar-refractivity contribution in [3.63, 3.8) is 0 Å². The molecule has 0 aliphatic carbocycles. The fraction of sp³-hybridized carbons (Fsp3) is 0.286. The summed E-state index contributed by atoms with van der Waals surface area (Å²) in [6.07, 6.45) is 2.55. The number of para-hydroxylation sites is 1. The number of carbonyl (C=O) groups is 1. The van der Waals surface area contributed by atoms with Gasteiger partial charge in [-0.3, -0.25) is 0 Å². The highest BCUT2D eigenvalue weighted by molar-refractivity contribution is 5.89. The van der Waals surface area contributed by atoms with Crippen LogP contribution < -0.4 is 5.32 Å². The highest BCUT2D eigenvalue weighted by Gasteiger charge is 2.32. The van der Waals surface area contributed by atoms with E-state index in [-0.39, 0.29) is 17.8 Å². The van der Waals surface area contributed by atoms with Gasteiger partial charge in [0, 0.05) is 12.1 Å². The second-order valence-corrected chi connectivity index (χ2v) is 6.94. The van der Waals surface area contributed by atoms with E-state index in [9.17, 15) is 9.18 Å². The molecular weight excluding hydrogens is 359 g/mol. The van der Waals surface area contributed by atoms with Gasteiger partial charge in [0.15, 0.2) is 0 Å². The van der Waals surface area contributed by atoms with Crippen LogP contribution in [-0.2, 0) is 0 Å². The Morgan fingerprint density at radius 2 is 1.96 bits per heavy atom. The zero-order valence-corrected chi connectivity index (χ0v) is 15.6. The van der Waals surface area contributed by atoms with Gasteiger partial charge in [-0.25, -0.2) is 9.18 Å². The van der Waals surface area contributed by atoms with E-state index < -0.39 is 5.82 Å². The minimum absolute atomic E-state index is 0.155. The van der Waals surface area contributed by atoms with E-state index in [0.29, 0.717) is 18.3 Å². The summed E-state index contributed by atoms with van der Waals surface area (Å²) < 4.78 is 19.4. The molecule has 144 valence electrons. The number of urea groups is 1. The molecule has 0 unspecified atom stereocenters. The number of nitrogens with zero attached hydrogens (tertiary/aromatic N) is 3. The van der Waals surface area contributed by atoms with E-state index >= 15 is 0 Å². The first-order valence-corrected chi connectivity index (χ1v) is 9.34.